The van der Waals surface area contributed by atoms with Crippen molar-refractivity contribution in [3.63, 3.8) is 0 Å². The normalized spacial score (nSPS) is 22.3. The first kappa shape index (κ1) is 14.1. The van der Waals surface area contributed by atoms with Crippen molar-refractivity contribution in [2.45, 2.75) is 45.2 Å². The molecule has 1 aliphatic heterocycles. The summed E-state index contributed by atoms with van der Waals surface area (Å²) in [5.41, 5.74) is 0. The summed E-state index contributed by atoms with van der Waals surface area (Å²) in [6.45, 7) is 7.89. The second kappa shape index (κ2) is 6.73. The van der Waals surface area contributed by atoms with Gasteiger partial charge >= 0.3 is 0 Å². The lowest BCUT2D eigenvalue weighted by Gasteiger charge is -2.37. The van der Waals surface area contributed by atoms with Gasteiger partial charge in [-0.05, 0) is 67.3 Å². The first-order chi connectivity index (χ1) is 8.72. The molecule has 2 heterocycles. The summed E-state index contributed by atoms with van der Waals surface area (Å²) in [4.78, 5) is 2.58. The highest BCUT2D eigenvalue weighted by Crippen LogP contribution is 2.28. The van der Waals surface area contributed by atoms with Crippen molar-refractivity contribution in [1.29, 1.82) is 0 Å². The van der Waals surface area contributed by atoms with Crippen molar-refractivity contribution in [1.82, 2.24) is 10.2 Å². The number of nitrogens with zero attached hydrogens (tertiary/aromatic N) is 1. The standard InChI is InChI=1S/C14H23BrN2O/c1-3-9-17(12-5-4-8-16-10-12)11(2)13-6-7-14(15)18-13/h6-7,11-12,16H,3-5,8-10H2,1-2H3. The van der Waals surface area contributed by atoms with Gasteiger partial charge in [-0.3, -0.25) is 4.90 Å². The predicted octanol–water partition coefficient (Wildman–Crippen LogP) is 3.57. The van der Waals surface area contributed by atoms with Crippen LogP contribution in [0.25, 0.3) is 0 Å². The Balaban J connectivity index is 2.08. The molecule has 2 rings (SSSR count). The number of halogens is 1. The molecule has 0 aromatic carbocycles. The van der Waals surface area contributed by atoms with Crippen molar-refractivity contribution in [3.8, 4) is 0 Å². The highest BCUT2D eigenvalue weighted by molar-refractivity contribution is 9.10. The van der Waals surface area contributed by atoms with Crippen LogP contribution in [0.2, 0.25) is 0 Å². The molecule has 102 valence electrons. The first-order valence-corrected chi connectivity index (χ1v) is 7.73. The van der Waals surface area contributed by atoms with Gasteiger partial charge in [-0.15, -0.1) is 0 Å². The minimum Gasteiger partial charge on any atom is -0.453 e. The van der Waals surface area contributed by atoms with Crippen molar-refractivity contribution in [2.24, 2.45) is 0 Å². The zero-order valence-electron chi connectivity index (χ0n) is 11.3. The molecular formula is C14H23BrN2O. The summed E-state index contributed by atoms with van der Waals surface area (Å²) in [6, 6.07) is 5.04. The third-order valence-electron chi connectivity index (χ3n) is 3.72. The highest BCUT2D eigenvalue weighted by Gasteiger charge is 2.26. The fraction of sp³-hybridized carbons (Fsp3) is 0.714. The molecule has 1 aromatic rings. The first-order valence-electron chi connectivity index (χ1n) is 6.94. The number of hydrogen-bond donors (Lipinski definition) is 1. The molecule has 0 spiro atoms. The highest BCUT2D eigenvalue weighted by atomic mass is 79.9. The second-order valence-electron chi connectivity index (χ2n) is 5.06. The average Bonchev–Trinajstić information content (AvgIpc) is 2.83. The van der Waals surface area contributed by atoms with Gasteiger partial charge in [-0.25, -0.2) is 0 Å². The molecule has 0 aliphatic carbocycles. The Kier molecular flexibility index (Phi) is 5.27. The minimum atomic E-state index is 0.348. The van der Waals surface area contributed by atoms with Gasteiger partial charge in [0.2, 0.25) is 0 Å². The Morgan fingerprint density at radius 3 is 2.94 bits per heavy atom. The van der Waals surface area contributed by atoms with Crippen LogP contribution in [0.3, 0.4) is 0 Å². The third-order valence-corrected chi connectivity index (χ3v) is 4.15. The van der Waals surface area contributed by atoms with Crippen LogP contribution in [-0.2, 0) is 0 Å². The van der Waals surface area contributed by atoms with E-state index in [9.17, 15) is 0 Å². The van der Waals surface area contributed by atoms with Crippen molar-refractivity contribution in [3.05, 3.63) is 22.6 Å². The molecule has 1 aliphatic rings. The van der Waals surface area contributed by atoms with E-state index in [1.807, 2.05) is 6.07 Å². The Morgan fingerprint density at radius 2 is 2.39 bits per heavy atom. The third kappa shape index (κ3) is 3.37. The van der Waals surface area contributed by atoms with Gasteiger partial charge in [0.15, 0.2) is 4.67 Å². The van der Waals surface area contributed by atoms with Crippen LogP contribution in [0.1, 0.15) is 44.9 Å². The predicted molar refractivity (Wildman–Crippen MR) is 77.7 cm³/mol. The van der Waals surface area contributed by atoms with Gasteiger partial charge in [-0.2, -0.15) is 0 Å². The lowest BCUT2D eigenvalue weighted by atomic mass is 10.0. The van der Waals surface area contributed by atoms with E-state index in [1.165, 1.54) is 19.3 Å². The zero-order valence-corrected chi connectivity index (χ0v) is 12.9. The van der Waals surface area contributed by atoms with E-state index in [0.717, 1.165) is 30.1 Å². The minimum absolute atomic E-state index is 0.348. The Hall–Kier alpha value is -0.320. The maximum atomic E-state index is 5.72. The molecule has 0 amide bonds. The number of piperidine rings is 1. The molecule has 1 N–H and O–H groups in total. The largest absolute Gasteiger partial charge is 0.453 e. The van der Waals surface area contributed by atoms with E-state index >= 15 is 0 Å². The summed E-state index contributed by atoms with van der Waals surface area (Å²) in [6.07, 6.45) is 3.75. The molecule has 3 nitrogen and oxygen atoms in total. The van der Waals surface area contributed by atoms with Crippen LogP contribution in [0.15, 0.2) is 21.2 Å². The van der Waals surface area contributed by atoms with Crippen LogP contribution in [0, 0.1) is 0 Å². The fourth-order valence-electron chi connectivity index (χ4n) is 2.78. The summed E-state index contributed by atoms with van der Waals surface area (Å²) in [7, 11) is 0. The SMILES string of the molecule is CCCN(C1CCCNC1)C(C)c1ccc(Br)o1. The molecule has 1 fully saturated rings. The van der Waals surface area contributed by atoms with Crippen molar-refractivity contribution >= 4 is 15.9 Å². The molecule has 1 aromatic heterocycles. The van der Waals surface area contributed by atoms with E-state index in [0.29, 0.717) is 12.1 Å². The molecule has 4 heteroatoms. The Labute approximate surface area is 118 Å². The van der Waals surface area contributed by atoms with Crippen molar-refractivity contribution < 1.29 is 4.42 Å². The van der Waals surface area contributed by atoms with Crippen molar-refractivity contribution in [2.75, 3.05) is 19.6 Å². The smallest absolute Gasteiger partial charge is 0.169 e. The van der Waals surface area contributed by atoms with Crippen LogP contribution < -0.4 is 5.32 Å². The van der Waals surface area contributed by atoms with Gasteiger partial charge in [0, 0.05) is 12.6 Å². The quantitative estimate of drug-likeness (QED) is 0.900. The van der Waals surface area contributed by atoms with E-state index in [-0.39, 0.29) is 0 Å². The lowest BCUT2D eigenvalue weighted by Crippen LogP contribution is -2.47. The molecule has 18 heavy (non-hydrogen) atoms. The maximum Gasteiger partial charge on any atom is 0.169 e. The van der Waals surface area contributed by atoms with Crippen LogP contribution >= 0.6 is 15.9 Å². The van der Waals surface area contributed by atoms with Gasteiger partial charge in [-0.1, -0.05) is 6.92 Å². The van der Waals surface area contributed by atoms with E-state index in [2.05, 4.69) is 46.1 Å². The van der Waals surface area contributed by atoms with Gasteiger partial charge < -0.3 is 9.73 Å². The molecule has 0 bridgehead atoms. The summed E-state index contributed by atoms with van der Waals surface area (Å²) < 4.78 is 6.54. The number of furan rings is 1. The summed E-state index contributed by atoms with van der Waals surface area (Å²) >= 11 is 3.39. The van der Waals surface area contributed by atoms with Gasteiger partial charge in [0.25, 0.3) is 0 Å². The van der Waals surface area contributed by atoms with Crippen LogP contribution in [0.4, 0.5) is 0 Å². The zero-order chi connectivity index (χ0) is 13.0. The number of rotatable bonds is 5. The fourth-order valence-corrected chi connectivity index (χ4v) is 3.10. The molecule has 2 atom stereocenters. The summed E-state index contributed by atoms with van der Waals surface area (Å²) in [5, 5.41) is 3.50. The number of hydrogen-bond acceptors (Lipinski definition) is 3. The molecule has 0 saturated carbocycles. The maximum absolute atomic E-state index is 5.72. The van der Waals surface area contributed by atoms with E-state index in [4.69, 9.17) is 4.42 Å². The topological polar surface area (TPSA) is 28.4 Å². The monoisotopic (exact) mass is 314 g/mol. The molecule has 0 radical (unpaired) electrons. The van der Waals surface area contributed by atoms with Gasteiger partial charge in [0.1, 0.15) is 5.76 Å². The second-order valence-corrected chi connectivity index (χ2v) is 5.84. The molecular weight excluding hydrogens is 292 g/mol. The Bertz CT molecular complexity index is 360. The van der Waals surface area contributed by atoms with Crippen LogP contribution in [-0.4, -0.2) is 30.6 Å². The van der Waals surface area contributed by atoms with Gasteiger partial charge in [0.05, 0.1) is 6.04 Å². The van der Waals surface area contributed by atoms with E-state index in [1.54, 1.807) is 0 Å². The lowest BCUT2D eigenvalue weighted by molar-refractivity contribution is 0.107. The number of nitrogens with one attached hydrogen (secondary N) is 1. The molecule has 2 unspecified atom stereocenters. The Morgan fingerprint density at radius 1 is 1.56 bits per heavy atom. The van der Waals surface area contributed by atoms with E-state index < -0.39 is 0 Å². The molecule has 1 saturated heterocycles. The van der Waals surface area contributed by atoms with Crippen LogP contribution in [0.5, 0.6) is 0 Å². The summed E-state index contributed by atoms with van der Waals surface area (Å²) in [5.74, 6) is 1.06. The average molecular weight is 315 g/mol.